The largest absolute Gasteiger partial charge is 0.354 e. The third-order valence-electron chi connectivity index (χ3n) is 2.87. The maximum atomic E-state index is 11.6. The van der Waals surface area contributed by atoms with Crippen molar-refractivity contribution in [2.45, 2.75) is 26.2 Å². The molecule has 0 spiro atoms. The Morgan fingerprint density at radius 1 is 1.33 bits per heavy atom. The van der Waals surface area contributed by atoms with Crippen molar-refractivity contribution < 1.29 is 4.79 Å². The van der Waals surface area contributed by atoms with Gasteiger partial charge in [-0.2, -0.15) is 0 Å². The van der Waals surface area contributed by atoms with Gasteiger partial charge in [0.05, 0.1) is 6.54 Å². The summed E-state index contributed by atoms with van der Waals surface area (Å²) in [6.45, 7) is 8.04. The number of hydrogen-bond donors (Lipinski definition) is 2. The Morgan fingerprint density at radius 3 is 2.61 bits per heavy atom. The number of hydrogen-bond acceptors (Lipinski definition) is 2. The van der Waals surface area contributed by atoms with E-state index < -0.39 is 0 Å². The molecule has 0 aliphatic rings. The van der Waals surface area contributed by atoms with Crippen molar-refractivity contribution in [3.8, 4) is 0 Å². The average Bonchev–Trinajstić information content (AvgIpc) is 2.34. The Morgan fingerprint density at radius 2 is 2.00 bits per heavy atom. The van der Waals surface area contributed by atoms with Gasteiger partial charge in [-0.25, -0.2) is 0 Å². The van der Waals surface area contributed by atoms with Gasteiger partial charge in [0.15, 0.2) is 0 Å². The van der Waals surface area contributed by atoms with Gasteiger partial charge >= 0.3 is 0 Å². The maximum absolute atomic E-state index is 11.6. The van der Waals surface area contributed by atoms with Crippen LogP contribution in [0.2, 0.25) is 0 Å². The maximum Gasteiger partial charge on any atom is 0.233 e. The van der Waals surface area contributed by atoms with Gasteiger partial charge in [-0.3, -0.25) is 4.79 Å². The molecule has 3 nitrogen and oxygen atoms in total. The van der Waals surface area contributed by atoms with Crippen LogP contribution in [0.1, 0.15) is 26.3 Å². The highest BCUT2D eigenvalue weighted by molar-refractivity contribution is 9.10. The van der Waals surface area contributed by atoms with E-state index in [2.05, 4.69) is 46.5 Å². The van der Waals surface area contributed by atoms with Crippen molar-refractivity contribution >= 4 is 21.8 Å². The number of amides is 1. The van der Waals surface area contributed by atoms with Crippen molar-refractivity contribution in [3.63, 3.8) is 0 Å². The van der Waals surface area contributed by atoms with Crippen LogP contribution in [0.15, 0.2) is 28.7 Å². The van der Waals surface area contributed by atoms with E-state index in [1.54, 1.807) is 0 Å². The molecule has 0 aliphatic heterocycles. The molecule has 0 saturated carbocycles. The summed E-state index contributed by atoms with van der Waals surface area (Å²) < 4.78 is 1.08. The van der Waals surface area contributed by atoms with Gasteiger partial charge in [0.25, 0.3) is 0 Å². The summed E-state index contributed by atoms with van der Waals surface area (Å²) in [6, 6.07) is 8.12. The number of carbonyl (C=O) groups excluding carboxylic acids is 1. The smallest absolute Gasteiger partial charge is 0.233 e. The van der Waals surface area contributed by atoms with Crippen LogP contribution < -0.4 is 10.6 Å². The van der Waals surface area contributed by atoms with E-state index in [-0.39, 0.29) is 11.3 Å². The van der Waals surface area contributed by atoms with Crippen molar-refractivity contribution in [2.75, 3.05) is 19.6 Å². The van der Waals surface area contributed by atoms with Crippen LogP contribution in [-0.4, -0.2) is 25.5 Å². The summed E-state index contributed by atoms with van der Waals surface area (Å²) >= 11 is 3.56. The van der Waals surface area contributed by atoms with Crippen molar-refractivity contribution in [2.24, 2.45) is 0 Å². The molecule has 0 aromatic heterocycles. The number of halogens is 1. The van der Waals surface area contributed by atoms with E-state index in [0.29, 0.717) is 13.1 Å². The Bertz CT molecular complexity index is 405. The first-order valence-corrected chi connectivity index (χ1v) is 6.99. The number of likely N-dealkylation sites (N-methyl/N-ethyl adjacent to an activating group) is 1. The van der Waals surface area contributed by atoms with Crippen molar-refractivity contribution in [1.29, 1.82) is 0 Å². The van der Waals surface area contributed by atoms with E-state index in [4.69, 9.17) is 0 Å². The summed E-state index contributed by atoms with van der Waals surface area (Å²) in [7, 11) is 0. The highest BCUT2D eigenvalue weighted by Gasteiger charge is 2.23. The second-order valence-corrected chi connectivity index (χ2v) is 5.78. The fraction of sp³-hybridized carbons (Fsp3) is 0.500. The van der Waals surface area contributed by atoms with E-state index in [1.807, 2.05) is 25.1 Å². The molecule has 0 fully saturated rings. The lowest BCUT2D eigenvalue weighted by molar-refractivity contribution is -0.120. The molecule has 18 heavy (non-hydrogen) atoms. The molecule has 0 unspecified atom stereocenters. The first-order chi connectivity index (χ1) is 8.47. The molecule has 1 aromatic carbocycles. The van der Waals surface area contributed by atoms with E-state index >= 15 is 0 Å². The van der Waals surface area contributed by atoms with Crippen LogP contribution >= 0.6 is 15.9 Å². The molecule has 1 amide bonds. The molecule has 1 rings (SSSR count). The minimum absolute atomic E-state index is 0.0389. The zero-order valence-corrected chi connectivity index (χ0v) is 12.8. The number of carbonyl (C=O) groups is 1. The molecule has 100 valence electrons. The van der Waals surface area contributed by atoms with Gasteiger partial charge < -0.3 is 10.6 Å². The molecule has 0 aliphatic carbocycles. The SMILES string of the molecule is CCNCC(=O)NCC(C)(C)c1ccccc1Br. The van der Waals surface area contributed by atoms with E-state index in [0.717, 1.165) is 11.0 Å². The van der Waals surface area contributed by atoms with Crippen LogP contribution in [0.25, 0.3) is 0 Å². The van der Waals surface area contributed by atoms with E-state index in [1.165, 1.54) is 5.56 Å². The molecule has 1 aromatic rings. The molecule has 0 saturated heterocycles. The van der Waals surface area contributed by atoms with Crippen LogP contribution in [0.3, 0.4) is 0 Å². The summed E-state index contributed by atoms with van der Waals surface area (Å²) in [5.41, 5.74) is 1.11. The van der Waals surface area contributed by atoms with Gasteiger partial charge in [0.2, 0.25) is 5.91 Å². The lowest BCUT2D eigenvalue weighted by Crippen LogP contribution is -2.41. The number of nitrogens with one attached hydrogen (secondary N) is 2. The highest BCUT2D eigenvalue weighted by atomic mass is 79.9. The quantitative estimate of drug-likeness (QED) is 0.847. The van der Waals surface area contributed by atoms with Gasteiger partial charge in [-0.15, -0.1) is 0 Å². The van der Waals surface area contributed by atoms with E-state index in [9.17, 15) is 4.79 Å². The van der Waals surface area contributed by atoms with Crippen molar-refractivity contribution in [1.82, 2.24) is 10.6 Å². The molecule has 0 heterocycles. The van der Waals surface area contributed by atoms with Crippen LogP contribution in [-0.2, 0) is 10.2 Å². The lowest BCUT2D eigenvalue weighted by Gasteiger charge is -2.26. The predicted octanol–water partition coefficient (Wildman–Crippen LogP) is 2.45. The van der Waals surface area contributed by atoms with Crippen molar-refractivity contribution in [3.05, 3.63) is 34.3 Å². The summed E-state index contributed by atoms with van der Waals surface area (Å²) in [5, 5.41) is 5.98. The van der Waals surface area contributed by atoms with Gasteiger partial charge in [-0.05, 0) is 18.2 Å². The Kier molecular flexibility index (Phi) is 5.82. The van der Waals surface area contributed by atoms with Crippen LogP contribution in [0, 0.1) is 0 Å². The topological polar surface area (TPSA) is 41.1 Å². The summed E-state index contributed by atoms with van der Waals surface area (Å²) in [4.78, 5) is 11.6. The molecule has 4 heteroatoms. The predicted molar refractivity (Wildman–Crippen MR) is 78.7 cm³/mol. The first-order valence-electron chi connectivity index (χ1n) is 6.20. The standard InChI is InChI=1S/C14H21BrN2O/c1-4-16-9-13(18)17-10-14(2,3)11-7-5-6-8-12(11)15/h5-8,16H,4,9-10H2,1-3H3,(H,17,18). The van der Waals surface area contributed by atoms with Gasteiger partial charge in [-0.1, -0.05) is 54.9 Å². The molecular formula is C14H21BrN2O. The minimum Gasteiger partial charge on any atom is -0.354 e. The number of rotatable bonds is 6. The monoisotopic (exact) mass is 312 g/mol. The Balaban J connectivity index is 2.60. The Labute approximate surface area is 117 Å². The second kappa shape index (κ2) is 6.90. The highest BCUT2D eigenvalue weighted by Crippen LogP contribution is 2.29. The zero-order valence-electron chi connectivity index (χ0n) is 11.2. The third kappa shape index (κ3) is 4.42. The van der Waals surface area contributed by atoms with Gasteiger partial charge in [0, 0.05) is 16.4 Å². The molecule has 0 radical (unpaired) electrons. The fourth-order valence-corrected chi connectivity index (χ4v) is 2.55. The normalized spacial score (nSPS) is 11.3. The Hall–Kier alpha value is -0.870. The zero-order chi connectivity index (χ0) is 13.6. The first kappa shape index (κ1) is 15.2. The second-order valence-electron chi connectivity index (χ2n) is 4.92. The minimum atomic E-state index is -0.0953. The average molecular weight is 313 g/mol. The van der Waals surface area contributed by atoms with Gasteiger partial charge in [0.1, 0.15) is 0 Å². The number of benzene rings is 1. The van der Waals surface area contributed by atoms with Crippen LogP contribution in [0.4, 0.5) is 0 Å². The molecule has 0 atom stereocenters. The fourth-order valence-electron chi connectivity index (χ4n) is 1.73. The molecule has 0 bridgehead atoms. The molecular weight excluding hydrogens is 292 g/mol. The van der Waals surface area contributed by atoms with Crippen LogP contribution in [0.5, 0.6) is 0 Å². The molecule has 2 N–H and O–H groups in total. The lowest BCUT2D eigenvalue weighted by atomic mass is 9.84. The third-order valence-corrected chi connectivity index (χ3v) is 3.56. The summed E-state index contributed by atoms with van der Waals surface area (Å²) in [6.07, 6.45) is 0. The summed E-state index contributed by atoms with van der Waals surface area (Å²) in [5.74, 6) is 0.0389.